The Balaban J connectivity index is 1.58. The highest BCUT2D eigenvalue weighted by molar-refractivity contribution is 5.94. The number of amides is 1. The molecule has 3 rings (SSSR count). The van der Waals surface area contributed by atoms with Gasteiger partial charge in [0, 0.05) is 57.0 Å². The van der Waals surface area contributed by atoms with E-state index in [0.717, 1.165) is 18.5 Å². The molecule has 1 saturated heterocycles. The average molecular weight is 357 g/mol. The van der Waals surface area contributed by atoms with E-state index in [1.807, 2.05) is 13.0 Å². The van der Waals surface area contributed by atoms with Crippen molar-refractivity contribution in [1.82, 2.24) is 14.5 Å². The number of rotatable bonds is 4. The van der Waals surface area contributed by atoms with Gasteiger partial charge in [-0.2, -0.15) is 0 Å². The second-order valence-electron chi connectivity index (χ2n) is 6.43. The molecule has 2 aromatic heterocycles. The lowest BCUT2D eigenvalue weighted by Gasteiger charge is -2.32. The van der Waals surface area contributed by atoms with Gasteiger partial charge in [0.2, 0.25) is 5.88 Å². The summed E-state index contributed by atoms with van der Waals surface area (Å²) < 4.78 is 12.5. The fourth-order valence-electron chi connectivity index (χ4n) is 2.98. The summed E-state index contributed by atoms with van der Waals surface area (Å²) in [6.07, 6.45) is 2.99. The van der Waals surface area contributed by atoms with Crippen molar-refractivity contribution in [1.29, 1.82) is 0 Å². The average Bonchev–Trinajstić information content (AvgIpc) is 2.66. The van der Waals surface area contributed by atoms with Crippen molar-refractivity contribution in [2.24, 2.45) is 7.05 Å². The van der Waals surface area contributed by atoms with Crippen molar-refractivity contribution in [3.05, 3.63) is 52.1 Å². The lowest BCUT2D eigenvalue weighted by molar-refractivity contribution is 0.0594. The predicted octanol–water partition coefficient (Wildman–Crippen LogP) is 1.78. The van der Waals surface area contributed by atoms with E-state index in [1.54, 1.807) is 35.8 Å². The number of pyridine rings is 2. The van der Waals surface area contributed by atoms with Crippen molar-refractivity contribution in [2.45, 2.75) is 25.9 Å². The zero-order chi connectivity index (χ0) is 18.7. The number of ether oxygens (including phenoxy) is 2. The summed E-state index contributed by atoms with van der Waals surface area (Å²) in [5.74, 6) is 1.04. The Kier molecular flexibility index (Phi) is 5.25. The molecule has 0 aliphatic carbocycles. The van der Waals surface area contributed by atoms with Crippen LogP contribution in [0.2, 0.25) is 0 Å². The first-order valence-corrected chi connectivity index (χ1v) is 8.61. The minimum atomic E-state index is -0.0837. The third kappa shape index (κ3) is 3.87. The van der Waals surface area contributed by atoms with Crippen LogP contribution in [0.4, 0.5) is 0 Å². The number of likely N-dealkylation sites (tertiary alicyclic amines) is 1. The molecule has 7 heteroatoms. The predicted molar refractivity (Wildman–Crippen MR) is 96.8 cm³/mol. The van der Waals surface area contributed by atoms with E-state index in [2.05, 4.69) is 4.98 Å². The van der Waals surface area contributed by atoms with E-state index < -0.39 is 0 Å². The minimum Gasteiger partial charge on any atom is -0.490 e. The SMILES string of the molecule is COc1ccc(C(=O)N2CCC(Oc3cc(C)n(C)c(=O)c3)CC2)cn1. The molecule has 7 nitrogen and oxygen atoms in total. The van der Waals surface area contributed by atoms with E-state index in [4.69, 9.17) is 9.47 Å². The van der Waals surface area contributed by atoms with Crippen molar-refractivity contribution in [3.63, 3.8) is 0 Å². The number of carbonyl (C=O) groups excluding carboxylic acids is 1. The Morgan fingerprint density at radius 2 is 1.96 bits per heavy atom. The summed E-state index contributed by atoms with van der Waals surface area (Å²) in [5, 5.41) is 0. The van der Waals surface area contributed by atoms with Gasteiger partial charge in [-0.15, -0.1) is 0 Å². The molecular weight excluding hydrogens is 334 g/mol. The van der Waals surface area contributed by atoms with Gasteiger partial charge in [-0.25, -0.2) is 4.98 Å². The molecule has 0 unspecified atom stereocenters. The van der Waals surface area contributed by atoms with E-state index in [-0.39, 0.29) is 17.6 Å². The first kappa shape index (κ1) is 18.0. The number of piperidine rings is 1. The molecule has 0 bridgehead atoms. The molecule has 1 fully saturated rings. The van der Waals surface area contributed by atoms with Crippen LogP contribution in [0.25, 0.3) is 0 Å². The van der Waals surface area contributed by atoms with Gasteiger partial charge < -0.3 is 18.9 Å². The van der Waals surface area contributed by atoms with Crippen molar-refractivity contribution in [2.75, 3.05) is 20.2 Å². The summed E-state index contributed by atoms with van der Waals surface area (Å²) in [6, 6.07) is 6.77. The number of aryl methyl sites for hydroxylation is 1. The quantitative estimate of drug-likeness (QED) is 0.834. The molecule has 3 heterocycles. The van der Waals surface area contributed by atoms with Crippen molar-refractivity contribution >= 4 is 5.91 Å². The monoisotopic (exact) mass is 357 g/mol. The number of carbonyl (C=O) groups is 1. The van der Waals surface area contributed by atoms with E-state index >= 15 is 0 Å². The van der Waals surface area contributed by atoms with E-state index in [1.165, 1.54) is 12.3 Å². The first-order chi connectivity index (χ1) is 12.5. The van der Waals surface area contributed by atoms with Crippen LogP contribution in [-0.2, 0) is 7.05 Å². The Hall–Kier alpha value is -2.83. The Labute approximate surface area is 152 Å². The fraction of sp³-hybridized carbons (Fsp3) is 0.421. The molecule has 138 valence electrons. The van der Waals surface area contributed by atoms with Crippen LogP contribution in [0, 0.1) is 6.92 Å². The molecule has 0 spiro atoms. The minimum absolute atomic E-state index is 0.000418. The van der Waals surface area contributed by atoms with Crippen LogP contribution in [0.15, 0.2) is 35.3 Å². The molecule has 1 aliphatic rings. The van der Waals surface area contributed by atoms with E-state index in [0.29, 0.717) is 30.3 Å². The fourth-order valence-corrected chi connectivity index (χ4v) is 2.98. The lowest BCUT2D eigenvalue weighted by Crippen LogP contribution is -2.41. The van der Waals surface area contributed by atoms with Gasteiger partial charge in [-0.3, -0.25) is 9.59 Å². The molecule has 0 radical (unpaired) electrons. The van der Waals surface area contributed by atoms with Crippen LogP contribution >= 0.6 is 0 Å². The third-order valence-electron chi connectivity index (χ3n) is 4.70. The Bertz CT molecular complexity index is 837. The maximum atomic E-state index is 12.6. The zero-order valence-corrected chi connectivity index (χ0v) is 15.3. The maximum Gasteiger partial charge on any atom is 0.255 e. The van der Waals surface area contributed by atoms with Gasteiger partial charge >= 0.3 is 0 Å². The van der Waals surface area contributed by atoms with E-state index in [9.17, 15) is 9.59 Å². The topological polar surface area (TPSA) is 73.7 Å². The summed E-state index contributed by atoms with van der Waals surface area (Å²) in [6.45, 7) is 3.09. The highest BCUT2D eigenvalue weighted by Crippen LogP contribution is 2.20. The second-order valence-corrected chi connectivity index (χ2v) is 6.43. The van der Waals surface area contributed by atoms with Gasteiger partial charge in [-0.1, -0.05) is 0 Å². The summed E-state index contributed by atoms with van der Waals surface area (Å²) in [4.78, 5) is 30.3. The molecular formula is C19H23N3O4. The molecule has 1 amide bonds. The van der Waals surface area contributed by atoms with Crippen LogP contribution in [-0.4, -0.2) is 46.7 Å². The molecule has 0 atom stereocenters. The lowest BCUT2D eigenvalue weighted by atomic mass is 10.1. The van der Waals surface area contributed by atoms with Crippen molar-refractivity contribution < 1.29 is 14.3 Å². The first-order valence-electron chi connectivity index (χ1n) is 8.61. The molecule has 0 N–H and O–H groups in total. The largest absolute Gasteiger partial charge is 0.490 e. The Morgan fingerprint density at radius 1 is 1.23 bits per heavy atom. The van der Waals surface area contributed by atoms with Gasteiger partial charge in [0.05, 0.1) is 12.7 Å². The van der Waals surface area contributed by atoms with Gasteiger partial charge in [0.1, 0.15) is 11.9 Å². The highest BCUT2D eigenvalue weighted by Gasteiger charge is 2.25. The number of hydrogen-bond acceptors (Lipinski definition) is 5. The van der Waals surface area contributed by atoms with Crippen LogP contribution in [0.1, 0.15) is 28.9 Å². The zero-order valence-electron chi connectivity index (χ0n) is 15.3. The molecule has 0 saturated carbocycles. The maximum absolute atomic E-state index is 12.6. The molecule has 0 aromatic carbocycles. The van der Waals surface area contributed by atoms with Crippen LogP contribution in [0.3, 0.4) is 0 Å². The molecule has 2 aromatic rings. The molecule has 26 heavy (non-hydrogen) atoms. The van der Waals surface area contributed by atoms with Crippen LogP contribution in [0.5, 0.6) is 11.6 Å². The Morgan fingerprint density at radius 3 is 2.54 bits per heavy atom. The summed E-state index contributed by atoms with van der Waals surface area (Å²) in [7, 11) is 3.28. The van der Waals surface area contributed by atoms with Gasteiger partial charge in [0.25, 0.3) is 11.5 Å². The van der Waals surface area contributed by atoms with Gasteiger partial charge in [0.15, 0.2) is 0 Å². The van der Waals surface area contributed by atoms with Gasteiger partial charge in [-0.05, 0) is 19.1 Å². The number of nitrogens with zero attached hydrogens (tertiary/aromatic N) is 3. The molecule has 1 aliphatic heterocycles. The summed E-state index contributed by atoms with van der Waals surface area (Å²) >= 11 is 0. The third-order valence-corrected chi connectivity index (χ3v) is 4.70. The summed E-state index contributed by atoms with van der Waals surface area (Å²) in [5.41, 5.74) is 1.32. The second kappa shape index (κ2) is 7.59. The number of aromatic nitrogens is 2. The van der Waals surface area contributed by atoms with Crippen LogP contribution < -0.4 is 15.0 Å². The smallest absolute Gasteiger partial charge is 0.255 e. The number of hydrogen-bond donors (Lipinski definition) is 0. The van der Waals surface area contributed by atoms with Crippen molar-refractivity contribution in [3.8, 4) is 11.6 Å². The normalized spacial score (nSPS) is 15.0. The highest BCUT2D eigenvalue weighted by atomic mass is 16.5. The standard InChI is InChI=1S/C19H23N3O4/c1-13-10-16(11-18(23)21(13)2)26-15-6-8-22(9-7-15)19(24)14-4-5-17(25-3)20-12-14/h4-5,10-12,15H,6-9H2,1-3H3. The number of methoxy groups -OCH3 is 1.